The first-order valence-electron chi connectivity index (χ1n) is 11.6. The lowest BCUT2D eigenvalue weighted by Gasteiger charge is -2.45. The molecule has 0 radical (unpaired) electrons. The summed E-state index contributed by atoms with van der Waals surface area (Å²) < 4.78 is 11.5. The van der Waals surface area contributed by atoms with Gasteiger partial charge in [0, 0.05) is 18.1 Å². The zero-order valence-corrected chi connectivity index (χ0v) is 19.9. The summed E-state index contributed by atoms with van der Waals surface area (Å²) in [6, 6.07) is 10.4. The van der Waals surface area contributed by atoms with Crippen molar-refractivity contribution in [1.29, 1.82) is 0 Å². The van der Waals surface area contributed by atoms with Crippen LogP contribution in [0.15, 0.2) is 42.7 Å². The number of likely N-dealkylation sites (tertiary alicyclic amines) is 1. The molecule has 1 aliphatic heterocycles. The van der Waals surface area contributed by atoms with Gasteiger partial charge in [-0.05, 0) is 52.0 Å². The van der Waals surface area contributed by atoms with Gasteiger partial charge in [0.25, 0.3) is 0 Å². The molecule has 1 fully saturated rings. The van der Waals surface area contributed by atoms with Crippen LogP contribution in [0.3, 0.4) is 0 Å². The van der Waals surface area contributed by atoms with E-state index in [2.05, 4.69) is 29.1 Å². The lowest BCUT2D eigenvalue weighted by Crippen LogP contribution is -2.55. The van der Waals surface area contributed by atoms with Crippen LogP contribution in [0.5, 0.6) is 5.75 Å². The zero-order valence-electron chi connectivity index (χ0n) is 19.9. The first-order chi connectivity index (χ1) is 15.3. The van der Waals surface area contributed by atoms with Crippen LogP contribution in [0.2, 0.25) is 0 Å². The molecule has 7 heteroatoms. The maximum absolute atomic E-state index is 12.9. The Kier molecular flexibility index (Phi) is 7.94. The molecule has 0 saturated carbocycles. The van der Waals surface area contributed by atoms with Crippen LogP contribution in [0, 0.1) is 0 Å². The lowest BCUT2D eigenvalue weighted by atomic mass is 9.89. The number of nitrogens with zero attached hydrogens (tertiary/aromatic N) is 3. The minimum absolute atomic E-state index is 0.120. The highest BCUT2D eigenvalue weighted by molar-refractivity contribution is 5.69. The maximum Gasteiger partial charge on any atom is 0.410 e. The van der Waals surface area contributed by atoms with Crippen molar-refractivity contribution in [2.45, 2.75) is 90.6 Å². The van der Waals surface area contributed by atoms with Crippen molar-refractivity contribution in [2.24, 2.45) is 0 Å². The third kappa shape index (κ3) is 6.58. The molecule has 3 rings (SSSR count). The molecule has 7 nitrogen and oxygen atoms in total. The molecular weight excluding hydrogens is 404 g/mol. The minimum Gasteiger partial charge on any atom is -0.486 e. The summed E-state index contributed by atoms with van der Waals surface area (Å²) in [6.07, 6.45) is 6.60. The Morgan fingerprint density at radius 3 is 2.19 bits per heavy atom. The van der Waals surface area contributed by atoms with Gasteiger partial charge in [0.2, 0.25) is 5.95 Å². The fraction of sp³-hybridized carbons (Fsp3) is 0.560. The normalized spacial score (nSPS) is 21.2. The Bertz CT molecular complexity index is 838. The van der Waals surface area contributed by atoms with Gasteiger partial charge in [-0.3, -0.25) is 0 Å². The molecule has 1 aromatic heterocycles. The van der Waals surface area contributed by atoms with Gasteiger partial charge in [0.15, 0.2) is 5.75 Å². The molecule has 3 atom stereocenters. The second kappa shape index (κ2) is 10.7. The number of benzene rings is 1. The number of anilines is 1. The van der Waals surface area contributed by atoms with E-state index in [-0.39, 0.29) is 24.2 Å². The summed E-state index contributed by atoms with van der Waals surface area (Å²) in [6.45, 7) is 10.4. The molecule has 174 valence electrons. The first-order valence-corrected chi connectivity index (χ1v) is 11.6. The minimum atomic E-state index is -0.499. The lowest BCUT2D eigenvalue weighted by molar-refractivity contribution is -0.00812. The number of piperidine rings is 1. The maximum atomic E-state index is 12.9. The molecule has 1 amide bonds. The van der Waals surface area contributed by atoms with Gasteiger partial charge in [-0.25, -0.2) is 14.8 Å². The van der Waals surface area contributed by atoms with Gasteiger partial charge in [-0.1, -0.05) is 44.2 Å². The molecule has 0 aliphatic carbocycles. The predicted molar refractivity (Wildman–Crippen MR) is 126 cm³/mol. The summed E-state index contributed by atoms with van der Waals surface area (Å²) in [7, 11) is 0. The highest BCUT2D eigenvalue weighted by atomic mass is 16.6. The van der Waals surface area contributed by atoms with Gasteiger partial charge < -0.3 is 19.7 Å². The molecule has 1 aromatic carbocycles. The summed E-state index contributed by atoms with van der Waals surface area (Å²) in [5, 5.41) is 3.46. The number of rotatable bonds is 7. The fourth-order valence-corrected chi connectivity index (χ4v) is 4.12. The fourth-order valence-electron chi connectivity index (χ4n) is 4.12. The van der Waals surface area contributed by atoms with E-state index in [9.17, 15) is 4.79 Å². The van der Waals surface area contributed by atoms with Gasteiger partial charge in [0.05, 0.1) is 12.4 Å². The van der Waals surface area contributed by atoms with Crippen molar-refractivity contribution in [3.8, 4) is 5.75 Å². The van der Waals surface area contributed by atoms with Crippen molar-refractivity contribution in [3.05, 3.63) is 48.3 Å². The molecular formula is C25H36N4O3. The summed E-state index contributed by atoms with van der Waals surface area (Å²) in [5.74, 6) is 1.22. The number of ether oxygens (including phenoxy) is 2. The van der Waals surface area contributed by atoms with Crippen LogP contribution in [0.25, 0.3) is 0 Å². The molecule has 32 heavy (non-hydrogen) atoms. The Labute approximate surface area is 191 Å². The molecule has 1 saturated heterocycles. The SMILES string of the molecule is CC[C@@H]1CC(Nc2ncc(OCc3ccccc3)cn2)C[C@H](CC)N1C(=O)OC(C)(C)C. The Balaban J connectivity index is 1.59. The van der Waals surface area contributed by atoms with Gasteiger partial charge in [-0.2, -0.15) is 0 Å². The zero-order chi connectivity index (χ0) is 23.1. The van der Waals surface area contributed by atoms with E-state index in [4.69, 9.17) is 9.47 Å². The van der Waals surface area contributed by atoms with E-state index >= 15 is 0 Å². The van der Waals surface area contributed by atoms with Crippen molar-refractivity contribution in [1.82, 2.24) is 14.9 Å². The summed E-state index contributed by atoms with van der Waals surface area (Å²) in [4.78, 5) is 23.7. The number of carbonyl (C=O) groups excluding carboxylic acids is 1. The standard InChI is InChI=1S/C25H36N4O3/c1-6-20-13-19(14-21(7-2)29(20)24(30)32-25(3,4)5)28-23-26-15-22(16-27-23)31-17-18-11-9-8-10-12-18/h8-12,15-16,19-21H,6-7,13-14,17H2,1-5H3,(H,26,27,28)/t19?,20-,21+. The van der Waals surface area contributed by atoms with Gasteiger partial charge >= 0.3 is 6.09 Å². The van der Waals surface area contributed by atoms with Crippen LogP contribution >= 0.6 is 0 Å². The van der Waals surface area contributed by atoms with Crippen LogP contribution < -0.4 is 10.1 Å². The third-order valence-corrected chi connectivity index (χ3v) is 5.66. The molecule has 2 aromatic rings. The molecule has 1 N–H and O–H groups in total. The number of nitrogens with one attached hydrogen (secondary N) is 1. The first kappa shape index (κ1) is 23.8. The van der Waals surface area contributed by atoms with E-state index in [1.165, 1.54) is 0 Å². The smallest absolute Gasteiger partial charge is 0.410 e. The predicted octanol–water partition coefficient (Wildman–Crippen LogP) is 5.42. The van der Waals surface area contributed by atoms with Crippen molar-refractivity contribution in [2.75, 3.05) is 5.32 Å². The van der Waals surface area contributed by atoms with E-state index in [0.29, 0.717) is 18.3 Å². The summed E-state index contributed by atoms with van der Waals surface area (Å²) >= 11 is 0. The van der Waals surface area contributed by atoms with Gasteiger partial charge in [-0.15, -0.1) is 0 Å². The van der Waals surface area contributed by atoms with Crippen molar-refractivity contribution < 1.29 is 14.3 Å². The number of carbonyl (C=O) groups is 1. The Morgan fingerprint density at radius 2 is 1.66 bits per heavy atom. The Hall–Kier alpha value is -2.83. The largest absolute Gasteiger partial charge is 0.486 e. The van der Waals surface area contributed by atoms with Crippen LogP contribution in [0.1, 0.15) is 65.9 Å². The molecule has 1 aliphatic rings. The van der Waals surface area contributed by atoms with Crippen LogP contribution in [-0.4, -0.2) is 44.7 Å². The monoisotopic (exact) mass is 440 g/mol. The quantitative estimate of drug-likeness (QED) is 0.619. The van der Waals surface area contributed by atoms with Crippen LogP contribution in [-0.2, 0) is 11.3 Å². The molecule has 0 bridgehead atoms. The van der Waals surface area contributed by atoms with E-state index in [1.54, 1.807) is 12.4 Å². The second-order valence-electron chi connectivity index (χ2n) is 9.34. The van der Waals surface area contributed by atoms with E-state index in [1.807, 2.05) is 56.0 Å². The number of amides is 1. The van der Waals surface area contributed by atoms with E-state index < -0.39 is 5.60 Å². The highest BCUT2D eigenvalue weighted by Gasteiger charge is 2.39. The van der Waals surface area contributed by atoms with E-state index in [0.717, 1.165) is 31.2 Å². The average molecular weight is 441 g/mol. The Morgan fingerprint density at radius 1 is 1.06 bits per heavy atom. The molecule has 2 heterocycles. The van der Waals surface area contributed by atoms with Crippen molar-refractivity contribution in [3.63, 3.8) is 0 Å². The topological polar surface area (TPSA) is 76.6 Å². The molecule has 1 unspecified atom stereocenters. The number of hydrogen-bond acceptors (Lipinski definition) is 6. The van der Waals surface area contributed by atoms with Crippen LogP contribution in [0.4, 0.5) is 10.7 Å². The number of hydrogen-bond donors (Lipinski definition) is 1. The number of aromatic nitrogens is 2. The van der Waals surface area contributed by atoms with Crippen molar-refractivity contribution >= 4 is 12.0 Å². The summed E-state index contributed by atoms with van der Waals surface area (Å²) in [5.41, 5.74) is 0.601. The second-order valence-corrected chi connectivity index (χ2v) is 9.34. The average Bonchev–Trinajstić information content (AvgIpc) is 2.77. The highest BCUT2D eigenvalue weighted by Crippen LogP contribution is 2.30. The molecule has 0 spiro atoms. The third-order valence-electron chi connectivity index (χ3n) is 5.66. The van der Waals surface area contributed by atoms with Gasteiger partial charge in [0.1, 0.15) is 12.2 Å².